The Morgan fingerprint density at radius 1 is 1.54 bits per heavy atom. The van der Waals surface area contributed by atoms with E-state index in [1.807, 2.05) is 6.92 Å². The maximum Gasteiger partial charge on any atom is 0.223 e. The van der Waals surface area contributed by atoms with Gasteiger partial charge in [0.05, 0.1) is 0 Å². The van der Waals surface area contributed by atoms with Crippen LogP contribution in [0.15, 0.2) is 11.2 Å². The van der Waals surface area contributed by atoms with Gasteiger partial charge in [0.15, 0.2) is 0 Å². The quantitative estimate of drug-likeness (QED) is 0.334. The minimum absolute atomic E-state index is 0.338. The molecule has 1 aromatic heterocycles. The Kier molecular flexibility index (Phi) is 4.53. The van der Waals surface area contributed by atoms with Crippen molar-refractivity contribution in [1.29, 1.82) is 0 Å². The molecule has 0 aliphatic rings. The van der Waals surface area contributed by atoms with Crippen LogP contribution in [0.2, 0.25) is 5.28 Å². The van der Waals surface area contributed by atoms with Gasteiger partial charge in [-0.15, -0.1) is 11.8 Å². The molecule has 13 heavy (non-hydrogen) atoms. The van der Waals surface area contributed by atoms with Gasteiger partial charge in [0.25, 0.3) is 0 Å². The molecule has 0 aliphatic carbocycles. The van der Waals surface area contributed by atoms with Crippen molar-refractivity contribution in [3.63, 3.8) is 0 Å². The summed E-state index contributed by atoms with van der Waals surface area (Å²) in [6.07, 6.45) is 4.19. The summed E-state index contributed by atoms with van der Waals surface area (Å²) in [5.41, 5.74) is 1.10. The summed E-state index contributed by atoms with van der Waals surface area (Å²) < 4.78 is 0. The Morgan fingerprint density at radius 2 is 2.31 bits per heavy atom. The van der Waals surface area contributed by atoms with Crippen LogP contribution in [-0.2, 0) is 0 Å². The van der Waals surface area contributed by atoms with E-state index in [1.165, 1.54) is 12.8 Å². The minimum atomic E-state index is 0.338. The van der Waals surface area contributed by atoms with Crippen molar-refractivity contribution in [1.82, 2.24) is 9.97 Å². The fourth-order valence-corrected chi connectivity index (χ4v) is 2.11. The van der Waals surface area contributed by atoms with Crippen LogP contribution in [0.4, 0.5) is 0 Å². The second-order valence-corrected chi connectivity index (χ2v) is 4.25. The number of rotatable bonds is 4. The third kappa shape index (κ3) is 3.53. The molecule has 0 N–H and O–H groups in total. The van der Waals surface area contributed by atoms with E-state index in [0.29, 0.717) is 5.28 Å². The van der Waals surface area contributed by atoms with E-state index in [0.717, 1.165) is 16.3 Å². The van der Waals surface area contributed by atoms with Crippen molar-refractivity contribution >= 4 is 23.4 Å². The van der Waals surface area contributed by atoms with Gasteiger partial charge >= 0.3 is 0 Å². The van der Waals surface area contributed by atoms with Crippen LogP contribution < -0.4 is 0 Å². The maximum atomic E-state index is 5.69. The summed E-state index contributed by atoms with van der Waals surface area (Å²) in [6.45, 7) is 4.19. The first-order chi connectivity index (χ1) is 6.24. The van der Waals surface area contributed by atoms with Crippen molar-refractivity contribution in [3.8, 4) is 0 Å². The lowest BCUT2D eigenvalue weighted by Crippen LogP contribution is -1.90. The van der Waals surface area contributed by atoms with Crippen LogP contribution in [0, 0.1) is 6.92 Å². The average Bonchev–Trinajstić information content (AvgIpc) is 2.11. The molecule has 0 aromatic carbocycles. The summed E-state index contributed by atoms with van der Waals surface area (Å²) in [4.78, 5) is 8.07. The standard InChI is InChI=1S/C9H13ClN2S/c1-3-4-5-13-8-7(2)6-11-9(10)12-8/h6H,3-5H2,1-2H3. The van der Waals surface area contributed by atoms with Crippen LogP contribution >= 0.6 is 23.4 Å². The Hall–Kier alpha value is -0.280. The number of aromatic nitrogens is 2. The zero-order valence-corrected chi connectivity index (χ0v) is 9.45. The zero-order chi connectivity index (χ0) is 9.68. The lowest BCUT2D eigenvalue weighted by molar-refractivity contribution is 0.892. The van der Waals surface area contributed by atoms with Crippen molar-refractivity contribution in [2.75, 3.05) is 5.75 Å². The van der Waals surface area contributed by atoms with E-state index in [4.69, 9.17) is 11.6 Å². The van der Waals surface area contributed by atoms with E-state index >= 15 is 0 Å². The Balaban J connectivity index is 2.59. The lowest BCUT2D eigenvalue weighted by atomic mass is 10.4. The van der Waals surface area contributed by atoms with E-state index in [9.17, 15) is 0 Å². The Labute approximate surface area is 88.1 Å². The highest BCUT2D eigenvalue weighted by atomic mass is 35.5. The highest BCUT2D eigenvalue weighted by Gasteiger charge is 2.02. The van der Waals surface area contributed by atoms with Gasteiger partial charge in [-0.3, -0.25) is 0 Å². The third-order valence-corrected chi connectivity index (χ3v) is 2.99. The molecule has 0 aliphatic heterocycles. The van der Waals surface area contributed by atoms with Crippen molar-refractivity contribution < 1.29 is 0 Å². The highest BCUT2D eigenvalue weighted by Crippen LogP contribution is 2.21. The monoisotopic (exact) mass is 216 g/mol. The van der Waals surface area contributed by atoms with E-state index in [-0.39, 0.29) is 0 Å². The Bertz CT molecular complexity index is 278. The first kappa shape index (κ1) is 10.8. The normalized spacial score (nSPS) is 10.4. The van der Waals surface area contributed by atoms with Gasteiger partial charge < -0.3 is 0 Å². The summed E-state index contributed by atoms with van der Waals surface area (Å²) in [6, 6.07) is 0. The number of hydrogen-bond acceptors (Lipinski definition) is 3. The number of unbranched alkanes of at least 4 members (excludes halogenated alkanes) is 1. The van der Waals surface area contributed by atoms with Crippen molar-refractivity contribution in [2.24, 2.45) is 0 Å². The van der Waals surface area contributed by atoms with Crippen LogP contribution in [0.3, 0.4) is 0 Å². The van der Waals surface area contributed by atoms with Crippen molar-refractivity contribution in [3.05, 3.63) is 17.0 Å². The van der Waals surface area contributed by atoms with Gasteiger partial charge in [0, 0.05) is 6.20 Å². The molecule has 0 fully saturated rings. The van der Waals surface area contributed by atoms with Crippen molar-refractivity contribution in [2.45, 2.75) is 31.7 Å². The molecule has 0 atom stereocenters. The SMILES string of the molecule is CCCCSc1nc(Cl)ncc1C. The van der Waals surface area contributed by atoms with Gasteiger partial charge in [-0.25, -0.2) is 9.97 Å². The predicted octanol–water partition coefficient (Wildman–Crippen LogP) is 3.33. The molecule has 0 saturated carbocycles. The number of halogens is 1. The molecule has 0 radical (unpaired) electrons. The fourth-order valence-electron chi connectivity index (χ4n) is 0.865. The lowest BCUT2D eigenvalue weighted by Gasteiger charge is -2.02. The molecule has 0 amide bonds. The molecule has 0 bridgehead atoms. The molecular formula is C9H13ClN2S. The molecule has 0 unspecified atom stereocenters. The molecule has 0 saturated heterocycles. The van der Waals surface area contributed by atoms with Crippen LogP contribution in [-0.4, -0.2) is 15.7 Å². The number of aryl methyl sites for hydroxylation is 1. The van der Waals surface area contributed by atoms with E-state index in [2.05, 4.69) is 16.9 Å². The zero-order valence-electron chi connectivity index (χ0n) is 7.88. The summed E-state index contributed by atoms with van der Waals surface area (Å²) in [5, 5.41) is 1.35. The molecule has 1 aromatic rings. The topological polar surface area (TPSA) is 25.8 Å². The minimum Gasteiger partial charge on any atom is -0.226 e. The smallest absolute Gasteiger partial charge is 0.223 e. The highest BCUT2D eigenvalue weighted by molar-refractivity contribution is 7.99. The number of nitrogens with zero attached hydrogens (tertiary/aromatic N) is 2. The number of thioether (sulfide) groups is 1. The molecule has 1 heterocycles. The first-order valence-electron chi connectivity index (χ1n) is 4.36. The first-order valence-corrected chi connectivity index (χ1v) is 5.72. The summed E-state index contributed by atoms with van der Waals surface area (Å²) in [7, 11) is 0. The second kappa shape index (κ2) is 5.45. The second-order valence-electron chi connectivity index (χ2n) is 2.83. The third-order valence-electron chi connectivity index (χ3n) is 1.63. The molecule has 72 valence electrons. The van der Waals surface area contributed by atoms with Crippen LogP contribution in [0.5, 0.6) is 0 Å². The Morgan fingerprint density at radius 3 is 3.00 bits per heavy atom. The summed E-state index contributed by atoms with van der Waals surface area (Å²) in [5.74, 6) is 1.10. The molecule has 2 nitrogen and oxygen atoms in total. The van der Waals surface area contributed by atoms with Gasteiger partial charge in [0.1, 0.15) is 5.03 Å². The number of hydrogen-bond donors (Lipinski definition) is 0. The van der Waals surface area contributed by atoms with Gasteiger partial charge in [-0.1, -0.05) is 13.3 Å². The fraction of sp³-hybridized carbons (Fsp3) is 0.556. The van der Waals surface area contributed by atoms with E-state index in [1.54, 1.807) is 18.0 Å². The van der Waals surface area contributed by atoms with Crippen LogP contribution in [0.1, 0.15) is 25.3 Å². The molecular weight excluding hydrogens is 204 g/mol. The van der Waals surface area contributed by atoms with Gasteiger partial charge in [0.2, 0.25) is 5.28 Å². The average molecular weight is 217 g/mol. The molecule has 0 spiro atoms. The largest absolute Gasteiger partial charge is 0.226 e. The summed E-state index contributed by atoms with van der Waals surface area (Å²) >= 11 is 7.44. The van der Waals surface area contributed by atoms with E-state index < -0.39 is 0 Å². The van der Waals surface area contributed by atoms with Gasteiger partial charge in [-0.2, -0.15) is 0 Å². The van der Waals surface area contributed by atoms with Gasteiger partial charge in [-0.05, 0) is 36.3 Å². The molecule has 4 heteroatoms. The maximum absolute atomic E-state index is 5.69. The van der Waals surface area contributed by atoms with Crippen LogP contribution in [0.25, 0.3) is 0 Å². The predicted molar refractivity (Wildman–Crippen MR) is 57.4 cm³/mol. The molecule has 1 rings (SSSR count).